The third kappa shape index (κ3) is 3.88. The Kier molecular flexibility index (Phi) is 5.27. The van der Waals surface area contributed by atoms with E-state index in [4.69, 9.17) is 14.2 Å². The first-order valence-corrected chi connectivity index (χ1v) is 8.29. The van der Waals surface area contributed by atoms with Crippen LogP contribution in [0.15, 0.2) is 60.7 Å². The molecule has 0 aliphatic heterocycles. The number of ether oxygens (including phenoxy) is 3. The monoisotopic (exact) mass is 351 g/mol. The minimum atomic E-state index is -0.664. The molecule has 0 aliphatic rings. The van der Waals surface area contributed by atoms with Crippen molar-refractivity contribution >= 4 is 22.4 Å². The minimum absolute atomic E-state index is 0.262. The van der Waals surface area contributed by atoms with Crippen molar-refractivity contribution in [1.82, 2.24) is 0 Å². The Bertz CT molecular complexity index is 923. The van der Waals surface area contributed by atoms with Gasteiger partial charge in [-0.3, -0.25) is 4.79 Å². The predicted molar refractivity (Wildman–Crippen MR) is 102 cm³/mol. The van der Waals surface area contributed by atoms with Gasteiger partial charge in [0.2, 0.25) is 0 Å². The highest BCUT2D eigenvalue weighted by Gasteiger charge is 2.17. The van der Waals surface area contributed by atoms with Gasteiger partial charge >= 0.3 is 0 Å². The molecule has 0 saturated heterocycles. The van der Waals surface area contributed by atoms with Gasteiger partial charge in [0.1, 0.15) is 17.2 Å². The Balaban J connectivity index is 1.71. The average Bonchev–Trinajstić information content (AvgIpc) is 2.68. The third-order valence-corrected chi connectivity index (χ3v) is 4.07. The van der Waals surface area contributed by atoms with Crippen molar-refractivity contribution in [1.29, 1.82) is 0 Å². The second-order valence-electron chi connectivity index (χ2n) is 5.82. The maximum atomic E-state index is 12.5. The zero-order valence-corrected chi connectivity index (χ0v) is 15.0. The van der Waals surface area contributed by atoms with Crippen LogP contribution in [0, 0.1) is 0 Å². The first kappa shape index (κ1) is 17.6. The van der Waals surface area contributed by atoms with Crippen molar-refractivity contribution in [2.24, 2.45) is 0 Å². The summed E-state index contributed by atoms with van der Waals surface area (Å²) in [6.45, 7) is 1.71. The van der Waals surface area contributed by atoms with Gasteiger partial charge in [-0.05, 0) is 42.0 Å². The molecule has 1 N–H and O–H groups in total. The van der Waals surface area contributed by atoms with Crippen LogP contribution in [0.1, 0.15) is 6.92 Å². The van der Waals surface area contributed by atoms with E-state index in [1.807, 2.05) is 42.5 Å². The first-order chi connectivity index (χ1) is 12.6. The second kappa shape index (κ2) is 7.78. The summed E-state index contributed by atoms with van der Waals surface area (Å²) in [5.74, 6) is 1.56. The van der Waals surface area contributed by atoms with E-state index in [1.54, 1.807) is 39.3 Å². The number of nitrogens with one attached hydrogen (secondary N) is 1. The molecular weight excluding hydrogens is 330 g/mol. The van der Waals surface area contributed by atoms with E-state index in [0.717, 1.165) is 10.8 Å². The standard InChI is InChI=1S/C21H21NO4/c1-14(26-18-9-8-15-6-4-5-7-16(15)12-18)21(23)22-19-11-10-17(24-2)13-20(19)25-3/h4-14H,1-3H3,(H,22,23). The molecular formula is C21H21NO4. The summed E-state index contributed by atoms with van der Waals surface area (Å²) >= 11 is 0. The van der Waals surface area contributed by atoms with Crippen LogP contribution in [-0.4, -0.2) is 26.2 Å². The Hall–Kier alpha value is -3.21. The van der Waals surface area contributed by atoms with Gasteiger partial charge in [-0.25, -0.2) is 0 Å². The number of rotatable bonds is 6. The van der Waals surface area contributed by atoms with Gasteiger partial charge < -0.3 is 19.5 Å². The van der Waals surface area contributed by atoms with Gasteiger partial charge in [-0.2, -0.15) is 0 Å². The van der Waals surface area contributed by atoms with E-state index in [1.165, 1.54) is 0 Å². The van der Waals surface area contributed by atoms with E-state index >= 15 is 0 Å². The lowest BCUT2D eigenvalue weighted by atomic mass is 10.1. The summed E-state index contributed by atoms with van der Waals surface area (Å²) in [6.07, 6.45) is -0.664. The predicted octanol–water partition coefficient (Wildman–Crippen LogP) is 4.26. The average molecular weight is 351 g/mol. The molecule has 3 rings (SSSR count). The van der Waals surface area contributed by atoms with Crippen molar-refractivity contribution in [3.05, 3.63) is 60.7 Å². The molecule has 0 aromatic heterocycles. The van der Waals surface area contributed by atoms with Crippen LogP contribution in [0.25, 0.3) is 10.8 Å². The van der Waals surface area contributed by atoms with Gasteiger partial charge in [0.05, 0.1) is 19.9 Å². The van der Waals surface area contributed by atoms with Crippen molar-refractivity contribution < 1.29 is 19.0 Å². The first-order valence-electron chi connectivity index (χ1n) is 8.29. The molecule has 3 aromatic carbocycles. The number of amides is 1. The SMILES string of the molecule is COc1ccc(NC(=O)C(C)Oc2ccc3ccccc3c2)c(OC)c1. The highest BCUT2D eigenvalue weighted by atomic mass is 16.5. The number of fused-ring (bicyclic) bond motifs is 1. The highest BCUT2D eigenvalue weighted by Crippen LogP contribution is 2.29. The quantitative estimate of drug-likeness (QED) is 0.721. The normalized spacial score (nSPS) is 11.7. The van der Waals surface area contributed by atoms with E-state index < -0.39 is 6.10 Å². The van der Waals surface area contributed by atoms with Crippen LogP contribution in [0.3, 0.4) is 0 Å². The zero-order chi connectivity index (χ0) is 18.5. The van der Waals surface area contributed by atoms with Crippen LogP contribution in [0.2, 0.25) is 0 Å². The summed E-state index contributed by atoms with van der Waals surface area (Å²) in [5, 5.41) is 5.01. The molecule has 5 heteroatoms. The summed E-state index contributed by atoms with van der Waals surface area (Å²) in [5.41, 5.74) is 0.562. The molecule has 0 fully saturated rings. The Morgan fingerprint density at radius 2 is 1.62 bits per heavy atom. The smallest absolute Gasteiger partial charge is 0.265 e. The summed E-state index contributed by atoms with van der Waals surface area (Å²) < 4.78 is 16.3. The van der Waals surface area contributed by atoms with E-state index in [9.17, 15) is 4.79 Å². The largest absolute Gasteiger partial charge is 0.497 e. The number of carbonyl (C=O) groups is 1. The fourth-order valence-corrected chi connectivity index (χ4v) is 2.63. The van der Waals surface area contributed by atoms with Crippen LogP contribution >= 0.6 is 0 Å². The number of methoxy groups -OCH3 is 2. The lowest BCUT2D eigenvalue weighted by molar-refractivity contribution is -0.122. The van der Waals surface area contributed by atoms with Gasteiger partial charge in [0.25, 0.3) is 5.91 Å². The Labute approximate surface area is 152 Å². The Morgan fingerprint density at radius 1 is 0.885 bits per heavy atom. The van der Waals surface area contributed by atoms with Crippen LogP contribution < -0.4 is 19.5 Å². The zero-order valence-electron chi connectivity index (χ0n) is 15.0. The Morgan fingerprint density at radius 3 is 2.35 bits per heavy atom. The molecule has 0 spiro atoms. The molecule has 1 atom stereocenters. The van der Waals surface area contributed by atoms with Crippen molar-refractivity contribution in [3.8, 4) is 17.2 Å². The lowest BCUT2D eigenvalue weighted by Crippen LogP contribution is -2.30. The van der Waals surface area contributed by atoms with E-state index in [2.05, 4.69) is 5.32 Å². The number of hydrogen-bond acceptors (Lipinski definition) is 4. The topological polar surface area (TPSA) is 56.8 Å². The molecule has 0 heterocycles. The maximum Gasteiger partial charge on any atom is 0.265 e. The van der Waals surface area contributed by atoms with Crippen molar-refractivity contribution in [2.45, 2.75) is 13.0 Å². The summed E-state index contributed by atoms with van der Waals surface area (Å²) in [7, 11) is 3.12. The molecule has 1 unspecified atom stereocenters. The van der Waals surface area contributed by atoms with E-state index in [-0.39, 0.29) is 5.91 Å². The fraction of sp³-hybridized carbons (Fsp3) is 0.190. The summed E-state index contributed by atoms with van der Waals surface area (Å²) in [6, 6.07) is 19.0. The molecule has 0 aliphatic carbocycles. The van der Waals surface area contributed by atoms with Gasteiger partial charge in [-0.1, -0.05) is 30.3 Å². The molecule has 0 radical (unpaired) electrons. The second-order valence-corrected chi connectivity index (χ2v) is 5.82. The van der Waals surface area contributed by atoms with Crippen LogP contribution in [-0.2, 0) is 4.79 Å². The molecule has 1 amide bonds. The molecule has 26 heavy (non-hydrogen) atoms. The highest BCUT2D eigenvalue weighted by molar-refractivity contribution is 5.95. The van der Waals surface area contributed by atoms with Gasteiger partial charge in [-0.15, -0.1) is 0 Å². The van der Waals surface area contributed by atoms with Crippen molar-refractivity contribution in [3.63, 3.8) is 0 Å². The van der Waals surface area contributed by atoms with E-state index in [0.29, 0.717) is 22.9 Å². The molecule has 3 aromatic rings. The number of benzene rings is 3. The maximum absolute atomic E-state index is 12.5. The van der Waals surface area contributed by atoms with Crippen LogP contribution in [0.5, 0.6) is 17.2 Å². The number of hydrogen-bond donors (Lipinski definition) is 1. The molecule has 0 saturated carbocycles. The van der Waals surface area contributed by atoms with Gasteiger partial charge in [0.15, 0.2) is 6.10 Å². The third-order valence-electron chi connectivity index (χ3n) is 4.07. The van der Waals surface area contributed by atoms with Gasteiger partial charge in [0, 0.05) is 6.07 Å². The summed E-state index contributed by atoms with van der Waals surface area (Å²) in [4.78, 5) is 12.5. The molecule has 0 bridgehead atoms. The number of carbonyl (C=O) groups excluding carboxylic acids is 1. The van der Waals surface area contributed by atoms with Crippen molar-refractivity contribution in [2.75, 3.05) is 19.5 Å². The molecule has 5 nitrogen and oxygen atoms in total. The lowest BCUT2D eigenvalue weighted by Gasteiger charge is -2.17. The van der Waals surface area contributed by atoms with Crippen LogP contribution in [0.4, 0.5) is 5.69 Å². The number of anilines is 1. The minimum Gasteiger partial charge on any atom is -0.497 e. The fourth-order valence-electron chi connectivity index (χ4n) is 2.63. The molecule has 134 valence electrons.